The SMILES string of the molecule is c1ccc(CN2C3CCC2CN(C2CNC2)CC3)cc1. The minimum absolute atomic E-state index is 0.781. The number of fused-ring (bicyclic) bond motifs is 2. The average Bonchev–Trinajstić information content (AvgIpc) is 2.67. The maximum Gasteiger partial charge on any atom is 0.0346 e. The Hall–Kier alpha value is -0.900. The second-order valence-corrected chi connectivity index (χ2v) is 6.64. The van der Waals surface area contributed by atoms with Crippen molar-refractivity contribution in [3.8, 4) is 0 Å². The Morgan fingerprint density at radius 2 is 1.75 bits per heavy atom. The molecule has 3 heterocycles. The molecule has 1 aromatic carbocycles. The third-order valence-corrected chi connectivity index (χ3v) is 5.45. The largest absolute Gasteiger partial charge is 0.314 e. The molecule has 2 bridgehead atoms. The van der Waals surface area contributed by atoms with Gasteiger partial charge in [0.25, 0.3) is 0 Å². The first-order valence-electron chi connectivity index (χ1n) is 8.14. The number of likely N-dealkylation sites (tertiary alicyclic amines) is 1. The van der Waals surface area contributed by atoms with Gasteiger partial charge in [0.05, 0.1) is 0 Å². The van der Waals surface area contributed by atoms with E-state index in [1.54, 1.807) is 0 Å². The first-order chi connectivity index (χ1) is 9.90. The van der Waals surface area contributed by atoms with Crippen LogP contribution in [0.5, 0.6) is 0 Å². The number of nitrogens with zero attached hydrogens (tertiary/aromatic N) is 2. The fourth-order valence-corrected chi connectivity index (χ4v) is 4.11. The lowest BCUT2D eigenvalue weighted by molar-refractivity contribution is 0.123. The maximum absolute atomic E-state index is 3.42. The first kappa shape index (κ1) is 12.8. The van der Waals surface area contributed by atoms with Gasteiger partial charge in [0.2, 0.25) is 0 Å². The number of benzene rings is 1. The van der Waals surface area contributed by atoms with Crippen LogP contribution in [0.4, 0.5) is 0 Å². The molecule has 4 rings (SSSR count). The lowest BCUT2D eigenvalue weighted by atomic mass is 10.0. The van der Waals surface area contributed by atoms with E-state index in [0.717, 1.165) is 24.7 Å². The molecular formula is C17H25N3. The molecule has 1 N–H and O–H groups in total. The molecule has 108 valence electrons. The Bertz CT molecular complexity index is 443. The first-order valence-corrected chi connectivity index (χ1v) is 8.14. The summed E-state index contributed by atoms with van der Waals surface area (Å²) in [6, 6.07) is 13.4. The van der Waals surface area contributed by atoms with Gasteiger partial charge < -0.3 is 5.32 Å². The van der Waals surface area contributed by atoms with Crippen LogP contribution in [0.2, 0.25) is 0 Å². The zero-order valence-corrected chi connectivity index (χ0v) is 12.2. The maximum atomic E-state index is 3.42. The molecule has 2 atom stereocenters. The highest BCUT2D eigenvalue weighted by molar-refractivity contribution is 5.15. The predicted octanol–water partition coefficient (Wildman–Crippen LogP) is 1.70. The monoisotopic (exact) mass is 271 g/mol. The summed E-state index contributed by atoms with van der Waals surface area (Å²) in [5.74, 6) is 0. The van der Waals surface area contributed by atoms with Gasteiger partial charge in [-0.2, -0.15) is 0 Å². The molecule has 3 saturated heterocycles. The van der Waals surface area contributed by atoms with Crippen molar-refractivity contribution < 1.29 is 0 Å². The number of rotatable bonds is 3. The van der Waals surface area contributed by atoms with Crippen LogP contribution in [0.3, 0.4) is 0 Å². The van der Waals surface area contributed by atoms with Crippen LogP contribution >= 0.6 is 0 Å². The van der Waals surface area contributed by atoms with Crippen LogP contribution in [0.25, 0.3) is 0 Å². The molecule has 3 heteroatoms. The fourth-order valence-electron chi connectivity index (χ4n) is 4.11. The fraction of sp³-hybridized carbons (Fsp3) is 0.647. The summed E-state index contributed by atoms with van der Waals surface area (Å²) in [6.45, 7) is 6.15. The molecule has 3 aliphatic heterocycles. The summed E-state index contributed by atoms with van der Waals surface area (Å²) in [4.78, 5) is 5.54. The average molecular weight is 271 g/mol. The van der Waals surface area contributed by atoms with Gasteiger partial charge in [-0.25, -0.2) is 0 Å². The highest BCUT2D eigenvalue weighted by Gasteiger charge is 2.39. The standard InChI is InChI=1S/C17H25N3/c1-2-4-14(5-3-1)12-20-15-6-7-16(20)13-19(9-8-15)17-10-18-11-17/h1-5,15-18H,6-13H2. The van der Waals surface area contributed by atoms with E-state index in [1.807, 2.05) is 0 Å². The summed E-state index contributed by atoms with van der Waals surface area (Å²) in [5, 5.41) is 3.42. The summed E-state index contributed by atoms with van der Waals surface area (Å²) in [6.07, 6.45) is 4.17. The molecule has 3 aliphatic rings. The van der Waals surface area contributed by atoms with Gasteiger partial charge in [-0.15, -0.1) is 0 Å². The van der Waals surface area contributed by atoms with E-state index in [9.17, 15) is 0 Å². The van der Waals surface area contributed by atoms with Crippen molar-refractivity contribution in [1.29, 1.82) is 0 Å². The third kappa shape index (κ3) is 2.39. The van der Waals surface area contributed by atoms with E-state index < -0.39 is 0 Å². The van der Waals surface area contributed by atoms with E-state index in [2.05, 4.69) is 45.4 Å². The highest BCUT2D eigenvalue weighted by Crippen LogP contribution is 2.32. The summed E-state index contributed by atoms with van der Waals surface area (Å²) >= 11 is 0. The molecule has 3 fully saturated rings. The molecule has 20 heavy (non-hydrogen) atoms. The Kier molecular flexibility index (Phi) is 3.51. The molecule has 3 nitrogen and oxygen atoms in total. The summed E-state index contributed by atoms with van der Waals surface area (Å²) in [5.41, 5.74) is 1.48. The number of hydrogen-bond donors (Lipinski definition) is 1. The normalized spacial score (nSPS) is 32.0. The van der Waals surface area contributed by atoms with Crippen molar-refractivity contribution in [3.05, 3.63) is 35.9 Å². The van der Waals surface area contributed by atoms with Gasteiger partial charge in [-0.3, -0.25) is 9.80 Å². The van der Waals surface area contributed by atoms with Crippen molar-refractivity contribution in [1.82, 2.24) is 15.1 Å². The third-order valence-electron chi connectivity index (χ3n) is 5.45. The second kappa shape index (κ2) is 5.47. The summed E-state index contributed by atoms with van der Waals surface area (Å²) < 4.78 is 0. The van der Waals surface area contributed by atoms with Crippen molar-refractivity contribution >= 4 is 0 Å². The predicted molar refractivity (Wildman–Crippen MR) is 81.6 cm³/mol. The van der Waals surface area contributed by atoms with Gasteiger partial charge in [-0.1, -0.05) is 30.3 Å². The zero-order chi connectivity index (χ0) is 13.4. The molecule has 0 amide bonds. The van der Waals surface area contributed by atoms with Crippen LogP contribution in [0, 0.1) is 0 Å². The molecule has 0 saturated carbocycles. The summed E-state index contributed by atoms with van der Waals surface area (Å²) in [7, 11) is 0. The minimum atomic E-state index is 0.781. The van der Waals surface area contributed by atoms with Crippen LogP contribution in [-0.4, -0.2) is 54.1 Å². The molecule has 0 radical (unpaired) electrons. The minimum Gasteiger partial charge on any atom is -0.314 e. The lowest BCUT2D eigenvalue weighted by Gasteiger charge is -2.39. The van der Waals surface area contributed by atoms with Crippen LogP contribution in [-0.2, 0) is 6.54 Å². The van der Waals surface area contributed by atoms with Gasteiger partial charge >= 0.3 is 0 Å². The molecular weight excluding hydrogens is 246 g/mol. The van der Waals surface area contributed by atoms with E-state index in [4.69, 9.17) is 0 Å². The molecule has 0 aliphatic carbocycles. The Labute approximate surface area is 121 Å². The van der Waals surface area contributed by atoms with E-state index in [-0.39, 0.29) is 0 Å². The smallest absolute Gasteiger partial charge is 0.0346 e. The van der Waals surface area contributed by atoms with E-state index in [1.165, 1.54) is 51.0 Å². The number of hydrogen-bond acceptors (Lipinski definition) is 3. The Morgan fingerprint density at radius 3 is 2.50 bits per heavy atom. The number of nitrogens with one attached hydrogen (secondary N) is 1. The second-order valence-electron chi connectivity index (χ2n) is 6.64. The van der Waals surface area contributed by atoms with Crippen molar-refractivity contribution in [2.45, 2.75) is 43.9 Å². The van der Waals surface area contributed by atoms with Crippen LogP contribution in [0.1, 0.15) is 24.8 Å². The van der Waals surface area contributed by atoms with Gasteiger partial charge in [-0.05, 0) is 24.8 Å². The van der Waals surface area contributed by atoms with E-state index in [0.29, 0.717) is 0 Å². The molecule has 0 spiro atoms. The quantitative estimate of drug-likeness (QED) is 0.903. The molecule has 2 unspecified atom stereocenters. The molecule has 0 aromatic heterocycles. The molecule has 1 aromatic rings. The zero-order valence-electron chi connectivity index (χ0n) is 12.2. The van der Waals surface area contributed by atoms with Gasteiger partial charge in [0.15, 0.2) is 0 Å². The Balaban J connectivity index is 1.47. The van der Waals surface area contributed by atoms with Crippen molar-refractivity contribution in [2.75, 3.05) is 26.2 Å². The highest BCUT2D eigenvalue weighted by atomic mass is 15.3. The van der Waals surface area contributed by atoms with Crippen molar-refractivity contribution in [3.63, 3.8) is 0 Å². The topological polar surface area (TPSA) is 18.5 Å². The van der Waals surface area contributed by atoms with Crippen LogP contribution in [0.15, 0.2) is 30.3 Å². The van der Waals surface area contributed by atoms with Crippen LogP contribution < -0.4 is 5.32 Å². The van der Waals surface area contributed by atoms with Gasteiger partial charge in [0.1, 0.15) is 0 Å². The van der Waals surface area contributed by atoms with E-state index >= 15 is 0 Å². The lowest BCUT2D eigenvalue weighted by Crippen LogP contribution is -2.58. The van der Waals surface area contributed by atoms with Gasteiger partial charge in [0, 0.05) is 50.8 Å². The van der Waals surface area contributed by atoms with Crippen molar-refractivity contribution in [2.24, 2.45) is 0 Å². The Morgan fingerprint density at radius 1 is 0.950 bits per heavy atom.